The summed E-state index contributed by atoms with van der Waals surface area (Å²) in [5.41, 5.74) is 7.27. The molecule has 0 aliphatic carbocycles. The molecule has 25 heavy (non-hydrogen) atoms. The number of benzene rings is 1. The summed E-state index contributed by atoms with van der Waals surface area (Å²) in [6.45, 7) is 7.63. The first kappa shape index (κ1) is 19.5. The van der Waals surface area contributed by atoms with Gasteiger partial charge in [0.1, 0.15) is 0 Å². The molecule has 0 spiro atoms. The fourth-order valence-electron chi connectivity index (χ4n) is 1.65. The number of primary amides is 1. The summed E-state index contributed by atoms with van der Waals surface area (Å²) in [5, 5.41) is 10.7. The van der Waals surface area contributed by atoms with E-state index < -0.39 is 5.91 Å². The van der Waals surface area contributed by atoms with Crippen LogP contribution in [0.2, 0.25) is 0 Å². The first-order chi connectivity index (χ1) is 11.8. The maximum Gasteiger partial charge on any atom is 0.248 e. The van der Waals surface area contributed by atoms with Gasteiger partial charge >= 0.3 is 0 Å². The topological polar surface area (TPSA) is 98.0 Å². The number of rotatable bonds is 8. The Balaban J connectivity index is 1.89. The third kappa shape index (κ3) is 6.18. The molecule has 1 aromatic carbocycles. The van der Waals surface area contributed by atoms with Gasteiger partial charge in [-0.2, -0.15) is 0 Å². The van der Waals surface area contributed by atoms with Crippen LogP contribution >= 0.6 is 34.9 Å². The number of nitrogens with one attached hydrogen (secondary N) is 1. The number of hydrogen-bond donors (Lipinski definition) is 2. The van der Waals surface area contributed by atoms with Gasteiger partial charge in [-0.15, -0.1) is 10.2 Å². The Hall–Kier alpha value is -1.84. The molecule has 6 nitrogen and oxygen atoms in total. The number of carbonyl (C=O) groups is 2. The largest absolute Gasteiger partial charge is 0.366 e. The van der Waals surface area contributed by atoms with Crippen molar-refractivity contribution in [2.75, 3.05) is 11.1 Å². The van der Waals surface area contributed by atoms with Crippen molar-refractivity contribution in [3.8, 4) is 0 Å². The number of amides is 2. The normalized spacial score (nSPS) is 11.8. The number of anilines is 1. The van der Waals surface area contributed by atoms with Crippen LogP contribution in [-0.2, 0) is 4.79 Å². The molecule has 3 N–H and O–H groups in total. The Morgan fingerprint density at radius 1 is 1.28 bits per heavy atom. The zero-order chi connectivity index (χ0) is 18.4. The van der Waals surface area contributed by atoms with Crippen LogP contribution in [0.25, 0.3) is 0 Å². The molecule has 1 atom stereocenters. The lowest BCUT2D eigenvalue weighted by Crippen LogP contribution is -2.22. The molecule has 1 aromatic heterocycles. The molecule has 0 fully saturated rings. The van der Waals surface area contributed by atoms with Gasteiger partial charge in [0.15, 0.2) is 8.68 Å². The maximum absolute atomic E-state index is 12.3. The lowest BCUT2D eigenvalue weighted by Gasteiger charge is -2.10. The fraction of sp³-hybridized carbons (Fsp3) is 0.250. The summed E-state index contributed by atoms with van der Waals surface area (Å²) in [6.07, 6.45) is 0. The van der Waals surface area contributed by atoms with Crippen LogP contribution in [0.5, 0.6) is 0 Å². The molecule has 9 heteroatoms. The molecule has 2 aromatic rings. The van der Waals surface area contributed by atoms with E-state index in [1.807, 2.05) is 6.92 Å². The Kier molecular flexibility index (Phi) is 7.03. The summed E-state index contributed by atoms with van der Waals surface area (Å²) in [6, 6.07) is 6.44. The van der Waals surface area contributed by atoms with Gasteiger partial charge in [0.05, 0.1) is 5.25 Å². The van der Waals surface area contributed by atoms with E-state index in [-0.39, 0.29) is 11.2 Å². The van der Waals surface area contributed by atoms with Crippen molar-refractivity contribution < 1.29 is 9.59 Å². The highest BCUT2D eigenvalue weighted by Gasteiger charge is 2.17. The van der Waals surface area contributed by atoms with Gasteiger partial charge < -0.3 is 11.1 Å². The average molecular weight is 395 g/mol. The van der Waals surface area contributed by atoms with Crippen molar-refractivity contribution in [3.63, 3.8) is 0 Å². The van der Waals surface area contributed by atoms with Crippen molar-refractivity contribution in [3.05, 3.63) is 42.0 Å². The van der Waals surface area contributed by atoms with Crippen LogP contribution < -0.4 is 11.1 Å². The van der Waals surface area contributed by atoms with Crippen molar-refractivity contribution in [2.24, 2.45) is 5.73 Å². The molecule has 0 bridgehead atoms. The fourth-order valence-corrected chi connectivity index (χ4v) is 4.66. The number of thioether (sulfide) groups is 2. The second-order valence-corrected chi connectivity index (χ2v) is 9.06. The van der Waals surface area contributed by atoms with Crippen molar-refractivity contribution in [2.45, 2.75) is 27.8 Å². The Morgan fingerprint density at radius 3 is 2.52 bits per heavy atom. The molecule has 0 saturated heterocycles. The van der Waals surface area contributed by atoms with E-state index in [0.29, 0.717) is 11.3 Å². The van der Waals surface area contributed by atoms with Gasteiger partial charge in [-0.3, -0.25) is 9.59 Å². The molecule has 2 rings (SSSR count). The second kappa shape index (κ2) is 9.02. The van der Waals surface area contributed by atoms with Gasteiger partial charge in [-0.1, -0.05) is 47.0 Å². The average Bonchev–Trinajstić information content (AvgIpc) is 3.00. The van der Waals surface area contributed by atoms with Gasteiger partial charge in [-0.05, 0) is 38.1 Å². The molecule has 132 valence electrons. The zero-order valence-corrected chi connectivity index (χ0v) is 16.3. The molecule has 0 aliphatic heterocycles. The number of carbonyl (C=O) groups excluding carboxylic acids is 2. The van der Waals surface area contributed by atoms with Gasteiger partial charge in [-0.25, -0.2) is 0 Å². The van der Waals surface area contributed by atoms with E-state index in [4.69, 9.17) is 5.73 Å². The molecule has 0 unspecified atom stereocenters. The SMILES string of the molecule is C=C(C)CSc1nnc(S[C@H](C)C(=O)Nc2ccc(C(N)=O)cc2)s1. The monoisotopic (exact) mass is 394 g/mol. The molecule has 0 radical (unpaired) electrons. The Bertz CT molecular complexity index is 774. The zero-order valence-electron chi connectivity index (χ0n) is 13.8. The van der Waals surface area contributed by atoms with Crippen molar-refractivity contribution >= 4 is 52.4 Å². The number of aromatic nitrogens is 2. The minimum absolute atomic E-state index is 0.150. The highest BCUT2D eigenvalue weighted by molar-refractivity contribution is 8.04. The highest BCUT2D eigenvalue weighted by atomic mass is 32.2. The first-order valence-corrected chi connectivity index (χ1v) is 10.0. The first-order valence-electron chi connectivity index (χ1n) is 7.33. The van der Waals surface area contributed by atoms with Crippen molar-refractivity contribution in [1.29, 1.82) is 0 Å². The van der Waals surface area contributed by atoms with Crippen molar-refractivity contribution in [1.82, 2.24) is 10.2 Å². The molecule has 2 amide bonds. The molecular weight excluding hydrogens is 376 g/mol. The minimum Gasteiger partial charge on any atom is -0.366 e. The quantitative estimate of drug-likeness (QED) is 0.526. The molecule has 0 aliphatic rings. The third-order valence-electron chi connectivity index (χ3n) is 2.91. The van der Waals surface area contributed by atoms with E-state index >= 15 is 0 Å². The summed E-state index contributed by atoms with van der Waals surface area (Å²) >= 11 is 4.41. The Morgan fingerprint density at radius 2 is 1.92 bits per heavy atom. The van der Waals surface area contributed by atoms with Gasteiger partial charge in [0.2, 0.25) is 11.8 Å². The van der Waals surface area contributed by atoms with Crippen LogP contribution in [0, 0.1) is 0 Å². The Labute approximate surface area is 158 Å². The van der Waals surface area contributed by atoms with Crippen LogP contribution in [0.3, 0.4) is 0 Å². The number of nitrogens with zero attached hydrogens (tertiary/aromatic N) is 2. The van der Waals surface area contributed by atoms with E-state index in [9.17, 15) is 9.59 Å². The van der Waals surface area contributed by atoms with E-state index in [0.717, 1.165) is 20.0 Å². The summed E-state index contributed by atoms with van der Waals surface area (Å²) in [4.78, 5) is 23.3. The molecule has 1 heterocycles. The lowest BCUT2D eigenvalue weighted by molar-refractivity contribution is -0.115. The van der Waals surface area contributed by atoms with E-state index in [2.05, 4.69) is 22.1 Å². The van der Waals surface area contributed by atoms with E-state index in [1.165, 1.54) is 23.1 Å². The number of hydrogen-bond acceptors (Lipinski definition) is 7. The number of nitrogens with two attached hydrogens (primary N) is 1. The highest BCUT2D eigenvalue weighted by Crippen LogP contribution is 2.32. The summed E-state index contributed by atoms with van der Waals surface area (Å²) in [5.74, 6) is 0.151. The molecular formula is C16H18N4O2S3. The standard InChI is InChI=1S/C16H18N4O2S3/c1-9(2)8-23-15-19-20-16(25-15)24-10(3)14(22)18-12-6-4-11(5-7-12)13(17)21/h4-7,10H,1,8H2,2-3H3,(H2,17,21)(H,18,22)/t10-/m1/s1. The van der Waals surface area contributed by atoms with Crippen LogP contribution in [0.1, 0.15) is 24.2 Å². The van der Waals surface area contributed by atoms with Gasteiger partial charge in [0.25, 0.3) is 0 Å². The van der Waals surface area contributed by atoms with E-state index in [1.54, 1.807) is 43.0 Å². The van der Waals surface area contributed by atoms with Crippen LogP contribution in [0.15, 0.2) is 45.1 Å². The minimum atomic E-state index is -0.501. The predicted molar refractivity (Wildman–Crippen MR) is 104 cm³/mol. The van der Waals surface area contributed by atoms with Crippen LogP contribution in [-0.4, -0.2) is 33.0 Å². The lowest BCUT2D eigenvalue weighted by atomic mass is 10.2. The third-order valence-corrected chi connectivity index (χ3v) is 6.39. The van der Waals surface area contributed by atoms with Crippen LogP contribution in [0.4, 0.5) is 5.69 Å². The summed E-state index contributed by atoms with van der Waals surface area (Å²) in [7, 11) is 0. The second-order valence-electron chi connectivity index (χ2n) is 5.27. The predicted octanol–water partition coefficient (Wildman–Crippen LogP) is 3.42. The maximum atomic E-state index is 12.3. The summed E-state index contributed by atoms with van der Waals surface area (Å²) < 4.78 is 1.61. The smallest absolute Gasteiger partial charge is 0.248 e. The molecule has 0 saturated carbocycles. The van der Waals surface area contributed by atoms with Gasteiger partial charge in [0, 0.05) is 17.0 Å².